The minimum absolute atomic E-state index is 0.0200. The second-order valence-corrected chi connectivity index (χ2v) is 5.53. The second-order valence-electron chi connectivity index (χ2n) is 5.53. The highest BCUT2D eigenvalue weighted by Gasteiger charge is 2.30. The van der Waals surface area contributed by atoms with Crippen LogP contribution >= 0.6 is 0 Å². The zero-order valence-corrected chi connectivity index (χ0v) is 11.6. The molecule has 1 aromatic rings. The summed E-state index contributed by atoms with van der Waals surface area (Å²) >= 11 is 0. The predicted molar refractivity (Wildman–Crippen MR) is 79.4 cm³/mol. The zero-order valence-electron chi connectivity index (χ0n) is 11.6. The highest BCUT2D eigenvalue weighted by molar-refractivity contribution is 5.92. The van der Waals surface area contributed by atoms with E-state index in [9.17, 15) is 4.79 Å². The molecule has 0 spiro atoms. The van der Waals surface area contributed by atoms with Gasteiger partial charge in [-0.25, -0.2) is 0 Å². The topological polar surface area (TPSA) is 55.1 Å². The number of nitrogens with two attached hydrogens (primary N) is 1. The molecule has 1 aliphatic rings. The maximum Gasteiger partial charge on any atom is 0.244 e. The van der Waals surface area contributed by atoms with Gasteiger partial charge in [-0.2, -0.15) is 0 Å². The van der Waals surface area contributed by atoms with E-state index >= 15 is 0 Å². The van der Waals surface area contributed by atoms with Gasteiger partial charge in [0.1, 0.15) is 0 Å². The van der Waals surface area contributed by atoms with Crippen LogP contribution in [0.3, 0.4) is 0 Å². The molecule has 3 nitrogen and oxygen atoms in total. The lowest BCUT2D eigenvalue weighted by atomic mass is 9.98. The monoisotopic (exact) mass is 258 g/mol. The number of carbonyl (C=O) groups excluding carboxylic acids is 1. The van der Waals surface area contributed by atoms with Crippen LogP contribution in [0.1, 0.15) is 32.3 Å². The van der Waals surface area contributed by atoms with Gasteiger partial charge in [-0.1, -0.05) is 26.0 Å². The van der Waals surface area contributed by atoms with Crippen molar-refractivity contribution in [2.75, 3.05) is 5.73 Å². The van der Waals surface area contributed by atoms with Gasteiger partial charge in [0.2, 0.25) is 5.91 Å². The Morgan fingerprint density at radius 2 is 2.16 bits per heavy atom. The van der Waals surface area contributed by atoms with E-state index in [1.54, 1.807) is 12.2 Å². The molecule has 0 aliphatic heterocycles. The third-order valence-electron chi connectivity index (χ3n) is 4.13. The first-order chi connectivity index (χ1) is 9.06. The van der Waals surface area contributed by atoms with Crippen molar-refractivity contribution >= 4 is 17.7 Å². The second kappa shape index (κ2) is 5.91. The molecule has 1 fully saturated rings. The Bertz CT molecular complexity index is 481. The van der Waals surface area contributed by atoms with E-state index in [1.165, 1.54) is 6.42 Å². The summed E-state index contributed by atoms with van der Waals surface area (Å²) in [7, 11) is 0. The van der Waals surface area contributed by atoms with Crippen LogP contribution in [0.25, 0.3) is 6.08 Å². The van der Waals surface area contributed by atoms with Crippen molar-refractivity contribution in [2.24, 2.45) is 11.8 Å². The lowest BCUT2D eigenvalue weighted by molar-refractivity contribution is -0.117. The largest absolute Gasteiger partial charge is 0.399 e. The Hall–Kier alpha value is -1.77. The quantitative estimate of drug-likeness (QED) is 0.647. The Balaban J connectivity index is 1.91. The third-order valence-corrected chi connectivity index (χ3v) is 4.13. The van der Waals surface area contributed by atoms with Crippen molar-refractivity contribution in [1.82, 2.24) is 5.32 Å². The molecule has 0 aromatic heterocycles. The van der Waals surface area contributed by atoms with E-state index in [0.717, 1.165) is 12.0 Å². The molecule has 1 saturated carbocycles. The number of hydrogen-bond acceptors (Lipinski definition) is 2. The maximum atomic E-state index is 11.9. The van der Waals surface area contributed by atoms with E-state index in [-0.39, 0.29) is 5.91 Å². The number of nitrogen functional groups attached to an aromatic ring is 1. The van der Waals surface area contributed by atoms with E-state index in [1.807, 2.05) is 24.3 Å². The van der Waals surface area contributed by atoms with Gasteiger partial charge in [0.05, 0.1) is 0 Å². The highest BCUT2D eigenvalue weighted by atomic mass is 16.1. The number of carbonyl (C=O) groups is 1. The van der Waals surface area contributed by atoms with E-state index < -0.39 is 0 Å². The van der Waals surface area contributed by atoms with Crippen LogP contribution in [0.15, 0.2) is 30.3 Å². The SMILES string of the molecule is CC1CCC(NC(=O)/C=C/c2cccc(N)c2)C1C. The van der Waals surface area contributed by atoms with Crippen LogP contribution in [0.5, 0.6) is 0 Å². The fourth-order valence-corrected chi connectivity index (χ4v) is 2.63. The van der Waals surface area contributed by atoms with Crippen LogP contribution in [-0.4, -0.2) is 11.9 Å². The summed E-state index contributed by atoms with van der Waals surface area (Å²) in [6, 6.07) is 7.81. The van der Waals surface area contributed by atoms with Crippen molar-refractivity contribution in [2.45, 2.75) is 32.7 Å². The molecule has 1 amide bonds. The van der Waals surface area contributed by atoms with Gasteiger partial charge in [-0.05, 0) is 48.4 Å². The van der Waals surface area contributed by atoms with E-state index in [0.29, 0.717) is 23.6 Å². The van der Waals surface area contributed by atoms with Gasteiger partial charge >= 0.3 is 0 Å². The molecule has 1 aromatic carbocycles. The smallest absolute Gasteiger partial charge is 0.244 e. The Kier molecular flexibility index (Phi) is 4.25. The summed E-state index contributed by atoms with van der Waals surface area (Å²) < 4.78 is 0. The van der Waals surface area contributed by atoms with Gasteiger partial charge in [0, 0.05) is 17.8 Å². The Morgan fingerprint density at radius 1 is 1.37 bits per heavy atom. The van der Waals surface area contributed by atoms with Gasteiger partial charge in [-0.3, -0.25) is 4.79 Å². The Labute approximate surface area is 114 Å². The van der Waals surface area contributed by atoms with Crippen LogP contribution < -0.4 is 11.1 Å². The fourth-order valence-electron chi connectivity index (χ4n) is 2.63. The number of rotatable bonds is 3. The average molecular weight is 258 g/mol. The number of hydrogen-bond donors (Lipinski definition) is 2. The molecule has 0 bridgehead atoms. The summed E-state index contributed by atoms with van der Waals surface area (Å²) in [5.74, 6) is 1.24. The van der Waals surface area contributed by atoms with Gasteiger partial charge in [-0.15, -0.1) is 0 Å². The fraction of sp³-hybridized carbons (Fsp3) is 0.438. The summed E-state index contributed by atoms with van der Waals surface area (Å²) in [5, 5.41) is 3.09. The standard InChI is InChI=1S/C16H22N2O/c1-11-6-8-15(12(11)2)18-16(19)9-7-13-4-3-5-14(17)10-13/h3-5,7,9-12,15H,6,8,17H2,1-2H3,(H,18,19)/b9-7+. The van der Waals surface area contributed by atoms with Crippen molar-refractivity contribution in [3.05, 3.63) is 35.9 Å². The molecule has 19 heavy (non-hydrogen) atoms. The lowest BCUT2D eigenvalue weighted by Crippen LogP contribution is -2.36. The van der Waals surface area contributed by atoms with Crippen LogP contribution in [-0.2, 0) is 4.79 Å². The molecular weight excluding hydrogens is 236 g/mol. The third kappa shape index (κ3) is 3.60. The minimum Gasteiger partial charge on any atom is -0.399 e. The van der Waals surface area contributed by atoms with Crippen molar-refractivity contribution in [3.8, 4) is 0 Å². The van der Waals surface area contributed by atoms with Crippen LogP contribution in [0, 0.1) is 11.8 Å². The first-order valence-corrected chi connectivity index (χ1v) is 6.90. The number of anilines is 1. The molecule has 3 heteroatoms. The Morgan fingerprint density at radius 3 is 2.79 bits per heavy atom. The summed E-state index contributed by atoms with van der Waals surface area (Å²) in [6.45, 7) is 4.46. The van der Waals surface area contributed by atoms with Crippen molar-refractivity contribution in [1.29, 1.82) is 0 Å². The first-order valence-electron chi connectivity index (χ1n) is 6.90. The van der Waals surface area contributed by atoms with Gasteiger partial charge in [0.15, 0.2) is 0 Å². The molecule has 0 heterocycles. The molecule has 0 radical (unpaired) electrons. The van der Waals surface area contributed by atoms with E-state index in [4.69, 9.17) is 5.73 Å². The van der Waals surface area contributed by atoms with Crippen LogP contribution in [0.4, 0.5) is 5.69 Å². The van der Waals surface area contributed by atoms with E-state index in [2.05, 4.69) is 19.2 Å². The molecule has 0 saturated heterocycles. The molecular formula is C16H22N2O. The lowest BCUT2D eigenvalue weighted by Gasteiger charge is -2.18. The normalized spacial score (nSPS) is 26.7. The summed E-state index contributed by atoms with van der Waals surface area (Å²) in [6.07, 6.45) is 5.67. The van der Waals surface area contributed by atoms with Crippen molar-refractivity contribution < 1.29 is 4.79 Å². The number of benzene rings is 1. The van der Waals surface area contributed by atoms with Crippen molar-refractivity contribution in [3.63, 3.8) is 0 Å². The minimum atomic E-state index is -0.0200. The molecule has 2 rings (SSSR count). The average Bonchev–Trinajstić information content (AvgIpc) is 2.69. The number of amides is 1. The first kappa shape index (κ1) is 13.7. The predicted octanol–water partition coefficient (Wildman–Crippen LogP) is 2.83. The van der Waals surface area contributed by atoms with Gasteiger partial charge < -0.3 is 11.1 Å². The van der Waals surface area contributed by atoms with Crippen LogP contribution in [0.2, 0.25) is 0 Å². The highest BCUT2D eigenvalue weighted by Crippen LogP contribution is 2.30. The zero-order chi connectivity index (χ0) is 13.8. The molecule has 3 unspecified atom stereocenters. The molecule has 1 aliphatic carbocycles. The maximum absolute atomic E-state index is 11.9. The summed E-state index contributed by atoms with van der Waals surface area (Å²) in [4.78, 5) is 11.9. The number of nitrogens with one attached hydrogen (secondary N) is 1. The molecule has 3 atom stereocenters. The summed E-state index contributed by atoms with van der Waals surface area (Å²) in [5.41, 5.74) is 7.35. The molecule has 3 N–H and O–H groups in total. The van der Waals surface area contributed by atoms with Gasteiger partial charge in [0.25, 0.3) is 0 Å². The molecule has 102 valence electrons.